The maximum absolute atomic E-state index is 3.82. The average Bonchev–Trinajstić information content (AvgIpc) is 3.23. The highest BCUT2D eigenvalue weighted by Gasteiger charge is 2.35. The van der Waals surface area contributed by atoms with Gasteiger partial charge in [-0.15, -0.1) is 0 Å². The molecule has 3 rings (SSSR count). The minimum atomic E-state index is 0.614. The van der Waals surface area contributed by atoms with Crippen molar-refractivity contribution in [3.63, 3.8) is 0 Å². The molecule has 1 N–H and O–H groups in total. The Morgan fingerprint density at radius 1 is 1.06 bits per heavy atom. The third-order valence-corrected chi connectivity index (χ3v) is 5.86. The van der Waals surface area contributed by atoms with Crippen LogP contribution in [0, 0.1) is 5.41 Å². The second kappa shape index (κ2) is 6.15. The summed E-state index contributed by atoms with van der Waals surface area (Å²) in [7, 11) is 0. The molecule has 2 aliphatic carbocycles. The summed E-state index contributed by atoms with van der Waals surface area (Å²) in [5, 5.41) is 3.82. The quantitative estimate of drug-likeness (QED) is 0.825. The Bertz CT molecular complexity index is 253. The molecule has 1 saturated heterocycles. The van der Waals surface area contributed by atoms with E-state index in [1.165, 1.54) is 82.6 Å². The molecule has 18 heavy (non-hydrogen) atoms. The Balaban J connectivity index is 1.55. The lowest BCUT2D eigenvalue weighted by atomic mass is 9.73. The Labute approximate surface area is 116 Å². The summed E-state index contributed by atoms with van der Waals surface area (Å²) >= 11 is 2.13. The van der Waals surface area contributed by atoms with E-state index in [4.69, 9.17) is 0 Å². The summed E-state index contributed by atoms with van der Waals surface area (Å²) < 4.78 is 0. The molecular formula is C15H28N2S. The van der Waals surface area contributed by atoms with Crippen LogP contribution >= 0.6 is 11.8 Å². The van der Waals surface area contributed by atoms with Crippen LogP contribution < -0.4 is 5.32 Å². The first-order valence-electron chi connectivity index (χ1n) is 7.90. The number of rotatable bonds is 5. The maximum atomic E-state index is 3.82. The minimum Gasteiger partial charge on any atom is -0.313 e. The summed E-state index contributed by atoms with van der Waals surface area (Å²) in [6.45, 7) is 5.32. The molecule has 1 aliphatic heterocycles. The summed E-state index contributed by atoms with van der Waals surface area (Å²) in [5.41, 5.74) is 0.614. The highest BCUT2D eigenvalue weighted by Crippen LogP contribution is 2.37. The van der Waals surface area contributed by atoms with Gasteiger partial charge in [0, 0.05) is 43.7 Å². The number of hydrogen-bond acceptors (Lipinski definition) is 3. The monoisotopic (exact) mass is 268 g/mol. The maximum Gasteiger partial charge on any atom is 0.00729 e. The lowest BCUT2D eigenvalue weighted by Gasteiger charge is -2.42. The molecule has 3 aliphatic rings. The van der Waals surface area contributed by atoms with E-state index in [0.717, 1.165) is 6.04 Å². The van der Waals surface area contributed by atoms with Crippen molar-refractivity contribution in [1.29, 1.82) is 0 Å². The van der Waals surface area contributed by atoms with Crippen molar-refractivity contribution in [3.8, 4) is 0 Å². The molecule has 0 amide bonds. The second-order valence-corrected chi connectivity index (χ2v) is 7.83. The average molecular weight is 268 g/mol. The van der Waals surface area contributed by atoms with E-state index in [1.54, 1.807) is 0 Å². The minimum absolute atomic E-state index is 0.614. The standard InChI is InChI=1S/C15H28N2S/c1-2-6-15(7-3-1,12-16-14-4-5-14)13-17-8-10-18-11-9-17/h14,16H,1-13H2. The highest BCUT2D eigenvalue weighted by atomic mass is 32.2. The molecule has 0 aromatic carbocycles. The van der Waals surface area contributed by atoms with E-state index in [0.29, 0.717) is 5.41 Å². The fraction of sp³-hybridized carbons (Fsp3) is 1.00. The first-order valence-corrected chi connectivity index (χ1v) is 9.05. The van der Waals surface area contributed by atoms with Crippen LogP contribution in [0.4, 0.5) is 0 Å². The molecule has 104 valence electrons. The van der Waals surface area contributed by atoms with E-state index in [2.05, 4.69) is 22.0 Å². The van der Waals surface area contributed by atoms with Gasteiger partial charge in [0.15, 0.2) is 0 Å². The highest BCUT2D eigenvalue weighted by molar-refractivity contribution is 7.99. The van der Waals surface area contributed by atoms with Gasteiger partial charge in [0.05, 0.1) is 0 Å². The number of hydrogen-bond donors (Lipinski definition) is 1. The smallest absolute Gasteiger partial charge is 0.00729 e. The van der Waals surface area contributed by atoms with Gasteiger partial charge in [-0.3, -0.25) is 0 Å². The number of nitrogens with one attached hydrogen (secondary N) is 1. The van der Waals surface area contributed by atoms with E-state index >= 15 is 0 Å². The second-order valence-electron chi connectivity index (χ2n) is 6.60. The largest absolute Gasteiger partial charge is 0.313 e. The molecule has 0 atom stereocenters. The van der Waals surface area contributed by atoms with Gasteiger partial charge in [-0.05, 0) is 31.1 Å². The fourth-order valence-electron chi connectivity index (χ4n) is 3.57. The van der Waals surface area contributed by atoms with Crippen LogP contribution in [0.25, 0.3) is 0 Å². The van der Waals surface area contributed by atoms with Crippen LogP contribution in [-0.4, -0.2) is 48.6 Å². The van der Waals surface area contributed by atoms with Gasteiger partial charge in [0.25, 0.3) is 0 Å². The molecular weight excluding hydrogens is 240 g/mol. The molecule has 1 heterocycles. The number of nitrogens with zero attached hydrogens (tertiary/aromatic N) is 1. The van der Waals surface area contributed by atoms with E-state index in [1.807, 2.05) is 0 Å². The van der Waals surface area contributed by atoms with Crippen molar-refractivity contribution in [2.75, 3.05) is 37.7 Å². The van der Waals surface area contributed by atoms with Gasteiger partial charge in [-0.25, -0.2) is 0 Å². The Kier molecular flexibility index (Phi) is 4.53. The Morgan fingerprint density at radius 3 is 2.44 bits per heavy atom. The first-order chi connectivity index (χ1) is 8.86. The van der Waals surface area contributed by atoms with Crippen molar-refractivity contribution in [2.24, 2.45) is 5.41 Å². The van der Waals surface area contributed by atoms with Crippen LogP contribution in [0.5, 0.6) is 0 Å². The molecule has 3 heteroatoms. The van der Waals surface area contributed by atoms with E-state index < -0.39 is 0 Å². The van der Waals surface area contributed by atoms with Crippen LogP contribution in [0.15, 0.2) is 0 Å². The van der Waals surface area contributed by atoms with Gasteiger partial charge in [0.1, 0.15) is 0 Å². The molecule has 0 aromatic rings. The zero-order chi connectivity index (χ0) is 12.3. The molecule has 0 spiro atoms. The lowest BCUT2D eigenvalue weighted by molar-refractivity contribution is 0.108. The van der Waals surface area contributed by atoms with Crippen molar-refractivity contribution < 1.29 is 0 Å². The molecule has 2 nitrogen and oxygen atoms in total. The SMILES string of the molecule is C1CCC(CNC2CC2)(CN2CCSCC2)CC1. The summed E-state index contributed by atoms with van der Waals surface area (Å²) in [6.07, 6.45) is 10.2. The van der Waals surface area contributed by atoms with Crippen molar-refractivity contribution >= 4 is 11.8 Å². The van der Waals surface area contributed by atoms with Crippen molar-refractivity contribution in [3.05, 3.63) is 0 Å². The molecule has 0 unspecified atom stereocenters. The lowest BCUT2D eigenvalue weighted by Crippen LogP contribution is -2.48. The van der Waals surface area contributed by atoms with Gasteiger partial charge < -0.3 is 10.2 Å². The van der Waals surface area contributed by atoms with Crippen LogP contribution in [0.1, 0.15) is 44.9 Å². The fourth-order valence-corrected chi connectivity index (χ4v) is 4.55. The topological polar surface area (TPSA) is 15.3 Å². The molecule has 2 saturated carbocycles. The summed E-state index contributed by atoms with van der Waals surface area (Å²) in [4.78, 5) is 2.75. The van der Waals surface area contributed by atoms with Crippen molar-refractivity contribution in [1.82, 2.24) is 10.2 Å². The Hall–Kier alpha value is 0.270. The molecule has 0 bridgehead atoms. The zero-order valence-corrected chi connectivity index (χ0v) is 12.4. The predicted molar refractivity (Wildman–Crippen MR) is 80.3 cm³/mol. The normalized spacial score (nSPS) is 29.3. The molecule has 0 aromatic heterocycles. The van der Waals surface area contributed by atoms with Crippen molar-refractivity contribution in [2.45, 2.75) is 51.0 Å². The van der Waals surface area contributed by atoms with Gasteiger partial charge in [0.2, 0.25) is 0 Å². The molecule has 0 radical (unpaired) electrons. The Morgan fingerprint density at radius 2 is 1.78 bits per heavy atom. The zero-order valence-electron chi connectivity index (χ0n) is 11.6. The third-order valence-electron chi connectivity index (χ3n) is 4.92. The number of thioether (sulfide) groups is 1. The summed E-state index contributed by atoms with van der Waals surface area (Å²) in [6, 6.07) is 0.876. The van der Waals surface area contributed by atoms with E-state index in [9.17, 15) is 0 Å². The summed E-state index contributed by atoms with van der Waals surface area (Å²) in [5.74, 6) is 2.71. The van der Waals surface area contributed by atoms with Gasteiger partial charge in [-0.1, -0.05) is 19.3 Å². The predicted octanol–water partition coefficient (Wildman–Crippen LogP) is 2.74. The van der Waals surface area contributed by atoms with Crippen LogP contribution in [0.2, 0.25) is 0 Å². The van der Waals surface area contributed by atoms with Gasteiger partial charge >= 0.3 is 0 Å². The van der Waals surface area contributed by atoms with Crippen LogP contribution in [0.3, 0.4) is 0 Å². The first kappa shape index (κ1) is 13.3. The molecule has 3 fully saturated rings. The van der Waals surface area contributed by atoms with E-state index in [-0.39, 0.29) is 0 Å². The third kappa shape index (κ3) is 3.64. The van der Waals surface area contributed by atoms with Crippen LogP contribution in [-0.2, 0) is 0 Å². The van der Waals surface area contributed by atoms with Gasteiger partial charge in [-0.2, -0.15) is 11.8 Å².